The summed E-state index contributed by atoms with van der Waals surface area (Å²) in [6.07, 6.45) is 4.02. The van der Waals surface area contributed by atoms with Crippen molar-refractivity contribution in [1.29, 1.82) is 0 Å². The second-order valence-corrected chi connectivity index (χ2v) is 6.24. The number of furan rings is 1. The van der Waals surface area contributed by atoms with Gasteiger partial charge in [-0.05, 0) is 25.0 Å². The third-order valence-corrected chi connectivity index (χ3v) is 4.53. The second kappa shape index (κ2) is 6.18. The highest BCUT2D eigenvalue weighted by Gasteiger charge is 2.22. The molecule has 4 rings (SSSR count). The molecule has 0 atom stereocenters. The number of H-pyrrole nitrogens is 1. The predicted octanol–water partition coefficient (Wildman–Crippen LogP) is 2.29. The number of aromatic amines is 1. The molecule has 4 aromatic rings. The first kappa shape index (κ1) is 16.1. The lowest BCUT2D eigenvalue weighted by Gasteiger charge is -2.04. The summed E-state index contributed by atoms with van der Waals surface area (Å²) in [6, 6.07) is 8.03. The fourth-order valence-corrected chi connectivity index (χ4v) is 3.20. The zero-order valence-corrected chi connectivity index (χ0v) is 14.5. The van der Waals surface area contributed by atoms with Crippen LogP contribution >= 0.6 is 0 Å². The van der Waals surface area contributed by atoms with Gasteiger partial charge in [-0.3, -0.25) is 9.59 Å². The number of fused-ring (bicyclic) bond motifs is 2. The van der Waals surface area contributed by atoms with Crippen molar-refractivity contribution in [2.45, 2.75) is 13.3 Å². The molecule has 7 heteroatoms. The molecule has 0 fully saturated rings. The van der Waals surface area contributed by atoms with Crippen LogP contribution in [0.2, 0.25) is 0 Å². The number of nitrogens with one attached hydrogen (secondary N) is 2. The Labute approximate surface area is 148 Å². The van der Waals surface area contributed by atoms with Gasteiger partial charge in [-0.1, -0.05) is 18.2 Å². The van der Waals surface area contributed by atoms with E-state index >= 15 is 0 Å². The Balaban J connectivity index is 1.56. The lowest BCUT2D eigenvalue weighted by molar-refractivity contribution is 0.0954. The minimum absolute atomic E-state index is 0.187. The Kier molecular flexibility index (Phi) is 3.84. The molecule has 132 valence electrons. The number of benzene rings is 1. The Hall–Kier alpha value is -3.35. The topological polar surface area (TPSA) is 92.9 Å². The molecular weight excluding hydrogens is 332 g/mol. The number of carbonyl (C=O) groups is 1. The van der Waals surface area contributed by atoms with E-state index in [0.29, 0.717) is 18.7 Å². The van der Waals surface area contributed by atoms with Crippen LogP contribution in [0.25, 0.3) is 22.0 Å². The van der Waals surface area contributed by atoms with E-state index < -0.39 is 0 Å². The van der Waals surface area contributed by atoms with Gasteiger partial charge in [0.1, 0.15) is 17.5 Å². The molecule has 0 spiro atoms. The van der Waals surface area contributed by atoms with Crippen LogP contribution in [0.4, 0.5) is 0 Å². The van der Waals surface area contributed by atoms with E-state index in [4.69, 9.17) is 4.42 Å². The molecule has 0 aliphatic carbocycles. The van der Waals surface area contributed by atoms with Gasteiger partial charge in [0, 0.05) is 30.7 Å². The van der Waals surface area contributed by atoms with Crippen LogP contribution in [-0.4, -0.2) is 27.0 Å². The first-order valence-corrected chi connectivity index (χ1v) is 8.34. The van der Waals surface area contributed by atoms with Gasteiger partial charge in [-0.25, -0.2) is 4.98 Å². The number of aromatic nitrogens is 3. The van der Waals surface area contributed by atoms with Crippen molar-refractivity contribution in [1.82, 2.24) is 19.9 Å². The SMILES string of the molecule is Cc1oc2ncn(C)c(=O)c2c1C(=O)NCCc1c[nH]c2ccccc12. The van der Waals surface area contributed by atoms with Crippen LogP contribution in [0.1, 0.15) is 21.7 Å². The molecule has 0 saturated heterocycles. The van der Waals surface area contributed by atoms with Crippen molar-refractivity contribution in [3.63, 3.8) is 0 Å². The molecule has 26 heavy (non-hydrogen) atoms. The maximum Gasteiger partial charge on any atom is 0.265 e. The highest BCUT2D eigenvalue weighted by atomic mass is 16.3. The van der Waals surface area contributed by atoms with Crippen LogP contribution in [0, 0.1) is 6.92 Å². The Morgan fingerprint density at radius 1 is 1.35 bits per heavy atom. The molecule has 0 saturated carbocycles. The van der Waals surface area contributed by atoms with E-state index in [-0.39, 0.29) is 28.1 Å². The molecule has 1 aromatic carbocycles. The minimum Gasteiger partial charge on any atom is -0.442 e. The van der Waals surface area contributed by atoms with Gasteiger partial charge in [0.15, 0.2) is 0 Å². The van der Waals surface area contributed by atoms with E-state index in [9.17, 15) is 9.59 Å². The number of hydrogen-bond donors (Lipinski definition) is 2. The summed E-state index contributed by atoms with van der Waals surface area (Å²) in [5.74, 6) is 0.0617. The fraction of sp³-hybridized carbons (Fsp3) is 0.211. The standard InChI is InChI=1S/C19H18N4O3/c1-11-15(16-18(26-11)22-10-23(2)19(16)25)17(24)20-8-7-12-9-21-14-6-4-3-5-13(12)14/h3-6,9-10,21H,7-8H2,1-2H3,(H,20,24). The third-order valence-electron chi connectivity index (χ3n) is 4.53. The summed E-state index contributed by atoms with van der Waals surface area (Å²) in [4.78, 5) is 32.3. The zero-order chi connectivity index (χ0) is 18.3. The van der Waals surface area contributed by atoms with Crippen molar-refractivity contribution in [2.24, 2.45) is 7.05 Å². The smallest absolute Gasteiger partial charge is 0.265 e. The molecule has 3 aromatic heterocycles. The summed E-state index contributed by atoms with van der Waals surface area (Å²) < 4.78 is 6.81. The van der Waals surface area contributed by atoms with Gasteiger partial charge in [-0.15, -0.1) is 0 Å². The number of carbonyl (C=O) groups excluding carboxylic acids is 1. The summed E-state index contributed by atoms with van der Waals surface area (Å²) in [6.45, 7) is 2.11. The average Bonchev–Trinajstić information content (AvgIpc) is 3.19. The quantitative estimate of drug-likeness (QED) is 0.590. The number of amides is 1. The summed E-state index contributed by atoms with van der Waals surface area (Å²) in [7, 11) is 1.59. The molecule has 0 aliphatic rings. The first-order chi connectivity index (χ1) is 12.6. The fourth-order valence-electron chi connectivity index (χ4n) is 3.20. The monoisotopic (exact) mass is 350 g/mol. The van der Waals surface area contributed by atoms with Crippen LogP contribution < -0.4 is 10.9 Å². The number of rotatable bonds is 4. The molecular formula is C19H18N4O3. The number of hydrogen-bond acceptors (Lipinski definition) is 4. The Morgan fingerprint density at radius 3 is 3.00 bits per heavy atom. The van der Waals surface area contributed by atoms with Crippen molar-refractivity contribution < 1.29 is 9.21 Å². The van der Waals surface area contributed by atoms with Gasteiger partial charge in [0.05, 0.1) is 5.56 Å². The van der Waals surface area contributed by atoms with Crippen LogP contribution in [0.5, 0.6) is 0 Å². The number of nitrogens with zero attached hydrogens (tertiary/aromatic N) is 2. The van der Waals surface area contributed by atoms with Crippen LogP contribution in [0.3, 0.4) is 0 Å². The molecule has 0 aliphatic heterocycles. The normalized spacial score (nSPS) is 11.3. The minimum atomic E-state index is -0.328. The van der Waals surface area contributed by atoms with Gasteiger partial charge in [-0.2, -0.15) is 0 Å². The molecule has 2 N–H and O–H groups in total. The van der Waals surface area contributed by atoms with Crippen molar-refractivity contribution in [2.75, 3.05) is 6.54 Å². The summed E-state index contributed by atoms with van der Waals surface area (Å²) in [5, 5.41) is 4.24. The molecule has 7 nitrogen and oxygen atoms in total. The second-order valence-electron chi connectivity index (χ2n) is 6.24. The molecule has 0 radical (unpaired) electrons. The third kappa shape index (κ3) is 2.57. The van der Waals surface area contributed by atoms with Gasteiger partial charge >= 0.3 is 0 Å². The van der Waals surface area contributed by atoms with Crippen molar-refractivity contribution in [3.8, 4) is 0 Å². The Morgan fingerprint density at radius 2 is 2.15 bits per heavy atom. The highest BCUT2D eigenvalue weighted by Crippen LogP contribution is 2.21. The molecule has 0 bridgehead atoms. The van der Waals surface area contributed by atoms with Gasteiger partial charge in [0.25, 0.3) is 11.5 Å². The average molecular weight is 350 g/mol. The van der Waals surface area contributed by atoms with E-state index in [1.807, 2.05) is 30.5 Å². The number of para-hydroxylation sites is 1. The van der Waals surface area contributed by atoms with Crippen molar-refractivity contribution >= 4 is 27.9 Å². The summed E-state index contributed by atoms with van der Waals surface area (Å²) in [5.41, 5.74) is 2.35. The maximum atomic E-state index is 12.6. The molecule has 3 heterocycles. The van der Waals surface area contributed by atoms with E-state index in [2.05, 4.69) is 15.3 Å². The lowest BCUT2D eigenvalue weighted by atomic mass is 10.1. The molecule has 1 amide bonds. The van der Waals surface area contributed by atoms with Gasteiger partial charge in [0.2, 0.25) is 5.71 Å². The summed E-state index contributed by atoms with van der Waals surface area (Å²) >= 11 is 0. The van der Waals surface area contributed by atoms with E-state index in [0.717, 1.165) is 16.5 Å². The van der Waals surface area contributed by atoms with Gasteiger partial charge < -0.3 is 19.3 Å². The van der Waals surface area contributed by atoms with Crippen molar-refractivity contribution in [3.05, 3.63) is 64.0 Å². The Bertz CT molecular complexity index is 1180. The van der Waals surface area contributed by atoms with E-state index in [1.165, 1.54) is 10.9 Å². The lowest BCUT2D eigenvalue weighted by Crippen LogP contribution is -2.28. The largest absolute Gasteiger partial charge is 0.442 e. The maximum absolute atomic E-state index is 12.6. The first-order valence-electron chi connectivity index (χ1n) is 8.34. The predicted molar refractivity (Wildman–Crippen MR) is 98.3 cm³/mol. The molecule has 0 unspecified atom stereocenters. The highest BCUT2D eigenvalue weighted by molar-refractivity contribution is 6.06. The zero-order valence-electron chi connectivity index (χ0n) is 14.5. The van der Waals surface area contributed by atoms with E-state index in [1.54, 1.807) is 14.0 Å². The number of aryl methyl sites for hydroxylation is 2. The van der Waals surface area contributed by atoms with Crippen LogP contribution in [0.15, 0.2) is 46.0 Å². The van der Waals surface area contributed by atoms with Crippen LogP contribution in [-0.2, 0) is 13.5 Å².